The van der Waals surface area contributed by atoms with Crippen molar-refractivity contribution in [2.45, 2.75) is 65.1 Å². The van der Waals surface area contributed by atoms with Gasteiger partial charge in [-0.2, -0.15) is 0 Å². The van der Waals surface area contributed by atoms with Crippen molar-refractivity contribution < 1.29 is 4.79 Å². The number of guanidine groups is 1. The van der Waals surface area contributed by atoms with Crippen LogP contribution in [-0.2, 0) is 17.9 Å². The Bertz CT molecular complexity index is 709. The Morgan fingerprint density at radius 3 is 2.60 bits per heavy atom. The van der Waals surface area contributed by atoms with Crippen molar-refractivity contribution >= 4 is 11.9 Å². The van der Waals surface area contributed by atoms with Gasteiger partial charge < -0.3 is 15.5 Å². The minimum Gasteiger partial charge on any atom is -0.352 e. The van der Waals surface area contributed by atoms with Gasteiger partial charge in [0.1, 0.15) is 0 Å². The predicted octanol–water partition coefficient (Wildman–Crippen LogP) is 2.98. The summed E-state index contributed by atoms with van der Waals surface area (Å²) >= 11 is 0. The van der Waals surface area contributed by atoms with Crippen LogP contribution in [0, 0.1) is 5.92 Å². The van der Waals surface area contributed by atoms with E-state index in [4.69, 9.17) is 0 Å². The first-order valence-electron chi connectivity index (χ1n) is 11.7. The number of aliphatic imine (C=N–C) groups is 1. The second-order valence-corrected chi connectivity index (χ2v) is 8.60. The van der Waals surface area contributed by atoms with Crippen LogP contribution in [0.15, 0.2) is 29.3 Å². The van der Waals surface area contributed by atoms with Gasteiger partial charge in [0.2, 0.25) is 5.91 Å². The summed E-state index contributed by atoms with van der Waals surface area (Å²) in [4.78, 5) is 21.5. The van der Waals surface area contributed by atoms with Crippen molar-refractivity contribution in [3.05, 3.63) is 35.4 Å². The third-order valence-electron chi connectivity index (χ3n) is 6.52. The molecule has 1 unspecified atom stereocenters. The third kappa shape index (κ3) is 6.21. The van der Waals surface area contributed by atoms with Gasteiger partial charge in [-0.25, -0.2) is 0 Å². The van der Waals surface area contributed by atoms with Gasteiger partial charge in [-0.1, -0.05) is 51.0 Å². The minimum absolute atomic E-state index is 0.268. The van der Waals surface area contributed by atoms with E-state index in [-0.39, 0.29) is 12.0 Å². The van der Waals surface area contributed by atoms with Crippen molar-refractivity contribution in [3.8, 4) is 0 Å². The summed E-state index contributed by atoms with van der Waals surface area (Å²) in [5, 5.41) is 6.96. The zero-order valence-electron chi connectivity index (χ0n) is 19.0. The van der Waals surface area contributed by atoms with E-state index >= 15 is 0 Å². The van der Waals surface area contributed by atoms with Crippen LogP contribution in [0.2, 0.25) is 0 Å². The van der Waals surface area contributed by atoms with Crippen molar-refractivity contribution in [3.63, 3.8) is 0 Å². The monoisotopic (exact) mass is 413 g/mol. The SMILES string of the molecule is CCN(CC)Cc1cccc(CNC(=NC)NC2CCN(C(=O)C3CCCC3)C2)c1. The van der Waals surface area contributed by atoms with E-state index in [1.54, 1.807) is 0 Å². The zero-order valence-corrected chi connectivity index (χ0v) is 19.0. The smallest absolute Gasteiger partial charge is 0.225 e. The van der Waals surface area contributed by atoms with Gasteiger partial charge in [0.05, 0.1) is 0 Å². The fourth-order valence-electron chi connectivity index (χ4n) is 4.63. The first-order chi connectivity index (χ1) is 14.6. The van der Waals surface area contributed by atoms with E-state index in [9.17, 15) is 4.79 Å². The zero-order chi connectivity index (χ0) is 21.3. The fourth-order valence-corrected chi connectivity index (χ4v) is 4.63. The van der Waals surface area contributed by atoms with Gasteiger partial charge >= 0.3 is 0 Å². The lowest BCUT2D eigenvalue weighted by molar-refractivity contribution is -0.134. The molecule has 3 rings (SSSR count). The number of hydrogen-bond donors (Lipinski definition) is 2. The highest BCUT2D eigenvalue weighted by Gasteiger charge is 2.32. The molecule has 1 aliphatic carbocycles. The molecule has 1 aromatic rings. The van der Waals surface area contributed by atoms with Crippen LogP contribution in [0.25, 0.3) is 0 Å². The highest BCUT2D eigenvalue weighted by atomic mass is 16.2. The molecule has 0 bridgehead atoms. The topological polar surface area (TPSA) is 60.0 Å². The number of nitrogens with one attached hydrogen (secondary N) is 2. The molecule has 166 valence electrons. The molecule has 2 aliphatic rings. The highest BCUT2D eigenvalue weighted by molar-refractivity contribution is 5.81. The summed E-state index contributed by atoms with van der Waals surface area (Å²) in [7, 11) is 1.81. The quantitative estimate of drug-likeness (QED) is 0.508. The standard InChI is InChI=1S/C24H39N5O/c1-4-28(5-2)17-20-10-8-9-19(15-20)16-26-24(25-3)27-22-13-14-29(18-22)23(30)21-11-6-7-12-21/h8-10,15,21-22H,4-7,11-14,16-18H2,1-3H3,(H2,25,26,27). The molecule has 1 saturated heterocycles. The number of amides is 1. The lowest BCUT2D eigenvalue weighted by atomic mass is 10.1. The van der Waals surface area contributed by atoms with Gasteiger partial charge in [-0.05, 0) is 43.5 Å². The maximum absolute atomic E-state index is 12.7. The molecule has 6 nitrogen and oxygen atoms in total. The Morgan fingerprint density at radius 1 is 1.17 bits per heavy atom. The number of carbonyl (C=O) groups excluding carboxylic acids is 1. The molecule has 1 aromatic carbocycles. The second-order valence-electron chi connectivity index (χ2n) is 8.60. The van der Waals surface area contributed by atoms with Crippen molar-refractivity contribution in [1.29, 1.82) is 0 Å². The van der Waals surface area contributed by atoms with Gasteiger partial charge in [-0.3, -0.25) is 14.7 Å². The number of hydrogen-bond acceptors (Lipinski definition) is 3. The molecule has 0 spiro atoms. The van der Waals surface area contributed by atoms with Crippen molar-refractivity contribution in [1.82, 2.24) is 20.4 Å². The summed E-state index contributed by atoms with van der Waals surface area (Å²) in [6, 6.07) is 9.04. The Kier molecular flexibility index (Phi) is 8.55. The molecule has 30 heavy (non-hydrogen) atoms. The molecular weight excluding hydrogens is 374 g/mol. The Balaban J connectivity index is 1.47. The Hall–Kier alpha value is -2.08. The summed E-state index contributed by atoms with van der Waals surface area (Å²) in [5.41, 5.74) is 2.60. The molecule has 0 radical (unpaired) electrons. The number of likely N-dealkylation sites (tertiary alicyclic amines) is 1. The van der Waals surface area contributed by atoms with Gasteiger partial charge in [0.15, 0.2) is 5.96 Å². The van der Waals surface area contributed by atoms with E-state index in [0.29, 0.717) is 5.91 Å². The second kappa shape index (κ2) is 11.3. The van der Waals surface area contributed by atoms with Gasteiger partial charge in [0.25, 0.3) is 0 Å². The number of carbonyl (C=O) groups is 1. The summed E-state index contributed by atoms with van der Waals surface area (Å²) in [6.45, 7) is 9.91. The molecule has 1 aliphatic heterocycles. The summed E-state index contributed by atoms with van der Waals surface area (Å²) < 4.78 is 0. The molecule has 0 aromatic heterocycles. The normalized spacial score (nSPS) is 20.2. The lowest BCUT2D eigenvalue weighted by Crippen LogP contribution is -2.45. The first kappa shape index (κ1) is 22.6. The van der Waals surface area contributed by atoms with Gasteiger partial charge in [0, 0.05) is 45.2 Å². The van der Waals surface area contributed by atoms with Crippen LogP contribution < -0.4 is 10.6 Å². The maximum Gasteiger partial charge on any atom is 0.225 e. The number of rotatable bonds is 8. The molecule has 2 N–H and O–H groups in total. The van der Waals surface area contributed by atoms with Crippen LogP contribution in [-0.4, -0.2) is 60.9 Å². The van der Waals surface area contributed by atoms with E-state index in [1.807, 2.05) is 7.05 Å². The van der Waals surface area contributed by atoms with Gasteiger partial charge in [-0.15, -0.1) is 0 Å². The molecule has 2 fully saturated rings. The van der Waals surface area contributed by atoms with E-state index in [2.05, 4.69) is 63.5 Å². The first-order valence-corrected chi connectivity index (χ1v) is 11.7. The van der Waals surface area contributed by atoms with Crippen LogP contribution in [0.1, 0.15) is 57.1 Å². The number of benzene rings is 1. The molecule has 6 heteroatoms. The van der Waals surface area contributed by atoms with E-state index in [1.165, 1.54) is 24.0 Å². The summed E-state index contributed by atoms with van der Waals surface area (Å²) in [6.07, 6.45) is 5.55. The fraction of sp³-hybridized carbons (Fsp3) is 0.667. The largest absolute Gasteiger partial charge is 0.352 e. The average molecular weight is 414 g/mol. The van der Waals surface area contributed by atoms with Crippen molar-refractivity contribution in [2.75, 3.05) is 33.2 Å². The predicted molar refractivity (Wildman–Crippen MR) is 123 cm³/mol. The third-order valence-corrected chi connectivity index (χ3v) is 6.52. The van der Waals surface area contributed by atoms with Crippen LogP contribution >= 0.6 is 0 Å². The summed E-state index contributed by atoms with van der Waals surface area (Å²) in [5.74, 6) is 1.44. The maximum atomic E-state index is 12.7. The lowest BCUT2D eigenvalue weighted by Gasteiger charge is -2.21. The molecule has 1 atom stereocenters. The molecule has 1 heterocycles. The van der Waals surface area contributed by atoms with Crippen molar-refractivity contribution in [2.24, 2.45) is 10.9 Å². The highest BCUT2D eigenvalue weighted by Crippen LogP contribution is 2.27. The van der Waals surface area contributed by atoms with E-state index < -0.39 is 0 Å². The Labute approximate surface area is 182 Å². The molecular formula is C24H39N5O. The number of nitrogens with zero attached hydrogens (tertiary/aromatic N) is 3. The Morgan fingerprint density at radius 2 is 1.90 bits per heavy atom. The van der Waals surface area contributed by atoms with Crippen LogP contribution in [0.3, 0.4) is 0 Å². The van der Waals surface area contributed by atoms with Crippen LogP contribution in [0.5, 0.6) is 0 Å². The minimum atomic E-state index is 0.268. The van der Waals surface area contributed by atoms with Crippen LogP contribution in [0.4, 0.5) is 0 Å². The average Bonchev–Trinajstić information content (AvgIpc) is 3.47. The molecule has 1 saturated carbocycles. The van der Waals surface area contributed by atoms with E-state index in [0.717, 1.165) is 64.5 Å². The molecule has 1 amide bonds.